The van der Waals surface area contributed by atoms with Gasteiger partial charge in [0.1, 0.15) is 0 Å². The van der Waals surface area contributed by atoms with Gasteiger partial charge in [-0.2, -0.15) is 17.6 Å². The van der Waals surface area contributed by atoms with Crippen LogP contribution >= 0.6 is 0 Å². The van der Waals surface area contributed by atoms with E-state index in [-0.39, 0.29) is 6.07 Å². The van der Waals surface area contributed by atoms with Crippen molar-refractivity contribution in [2.45, 2.75) is 6.18 Å². The third-order valence-corrected chi connectivity index (χ3v) is 2.67. The molecule has 118 valence electrons. The van der Waals surface area contributed by atoms with Crippen LogP contribution in [0.4, 0.5) is 39.5 Å². The van der Waals surface area contributed by atoms with Crippen LogP contribution in [0.3, 0.4) is 0 Å². The lowest BCUT2D eigenvalue weighted by molar-refractivity contribution is -0.137. The van der Waals surface area contributed by atoms with Crippen molar-refractivity contribution in [3.05, 3.63) is 52.9 Å². The summed E-state index contributed by atoms with van der Waals surface area (Å²) in [7, 11) is 0. The van der Waals surface area contributed by atoms with Crippen LogP contribution in [0.5, 0.6) is 0 Å². The molecule has 0 spiro atoms. The minimum Gasteiger partial charge on any atom is -0.228 e. The summed E-state index contributed by atoms with van der Waals surface area (Å²) in [6.45, 7) is 0. The van der Waals surface area contributed by atoms with Crippen LogP contribution in [-0.4, -0.2) is 4.98 Å². The molecular weight excluding hydrogens is 329 g/mol. The van der Waals surface area contributed by atoms with E-state index in [2.05, 4.69) is 4.98 Å². The van der Waals surface area contributed by atoms with Gasteiger partial charge in [-0.15, -0.1) is 0 Å². The highest BCUT2D eigenvalue weighted by atomic mass is 19.4. The van der Waals surface area contributed by atoms with E-state index in [1.807, 2.05) is 0 Å². The first-order chi connectivity index (χ1) is 10.1. The van der Waals surface area contributed by atoms with Crippen molar-refractivity contribution in [3.63, 3.8) is 0 Å². The van der Waals surface area contributed by atoms with Gasteiger partial charge in [0.2, 0.25) is 11.8 Å². The molecule has 0 saturated heterocycles. The highest BCUT2D eigenvalue weighted by Crippen LogP contribution is 2.41. The van der Waals surface area contributed by atoms with Gasteiger partial charge < -0.3 is 0 Å². The average Bonchev–Trinajstić information content (AvgIpc) is 2.43. The molecule has 1 aromatic heterocycles. The summed E-state index contributed by atoms with van der Waals surface area (Å²) in [6.07, 6.45) is -4.97. The highest BCUT2D eigenvalue weighted by molar-refractivity contribution is 5.69. The van der Waals surface area contributed by atoms with Gasteiger partial charge in [0.25, 0.3) is 0 Å². The number of hydrogen-bond acceptors (Lipinski definition) is 1. The van der Waals surface area contributed by atoms with Crippen molar-refractivity contribution in [1.82, 2.24) is 4.98 Å². The number of hydrogen-bond donors (Lipinski definition) is 0. The van der Waals surface area contributed by atoms with Gasteiger partial charge in [-0.25, -0.2) is 26.9 Å². The van der Waals surface area contributed by atoms with Crippen LogP contribution in [0.2, 0.25) is 0 Å². The second-order valence-electron chi connectivity index (χ2n) is 3.97. The lowest BCUT2D eigenvalue weighted by Crippen LogP contribution is -2.13. The van der Waals surface area contributed by atoms with Crippen LogP contribution in [-0.2, 0) is 6.18 Å². The minimum atomic E-state index is -5.31. The number of alkyl halides is 3. The van der Waals surface area contributed by atoms with Crippen LogP contribution in [0.25, 0.3) is 11.1 Å². The number of halogens is 9. The van der Waals surface area contributed by atoms with Crippen LogP contribution in [0.15, 0.2) is 12.3 Å². The summed E-state index contributed by atoms with van der Waals surface area (Å²) in [4.78, 5) is 2.76. The maximum atomic E-state index is 13.6. The second kappa shape index (κ2) is 5.18. The van der Waals surface area contributed by atoms with Gasteiger partial charge in [-0.1, -0.05) is 0 Å². The van der Waals surface area contributed by atoms with E-state index in [0.717, 1.165) is 0 Å². The molecule has 0 amide bonds. The first-order valence-electron chi connectivity index (χ1n) is 5.30. The van der Waals surface area contributed by atoms with Gasteiger partial charge in [-0.3, -0.25) is 0 Å². The molecule has 22 heavy (non-hydrogen) atoms. The van der Waals surface area contributed by atoms with Crippen molar-refractivity contribution in [1.29, 1.82) is 0 Å². The molecule has 10 heteroatoms. The van der Waals surface area contributed by atoms with Gasteiger partial charge in [0.05, 0.1) is 16.7 Å². The number of nitrogens with zero attached hydrogens (tertiary/aromatic N) is 1. The Morgan fingerprint density at radius 2 is 1.14 bits per heavy atom. The molecule has 1 heterocycles. The lowest BCUT2D eigenvalue weighted by atomic mass is 9.99. The Morgan fingerprint density at radius 3 is 1.59 bits per heavy atom. The predicted octanol–water partition coefficient (Wildman–Crippen LogP) is 4.60. The van der Waals surface area contributed by atoms with Gasteiger partial charge in [-0.05, 0) is 6.07 Å². The first-order valence-corrected chi connectivity index (χ1v) is 5.30. The highest BCUT2D eigenvalue weighted by Gasteiger charge is 2.39. The Kier molecular flexibility index (Phi) is 3.80. The van der Waals surface area contributed by atoms with E-state index in [9.17, 15) is 39.5 Å². The molecule has 2 aromatic rings. The van der Waals surface area contributed by atoms with E-state index in [0.29, 0.717) is 6.20 Å². The molecule has 1 nitrogen and oxygen atoms in total. The monoisotopic (exact) mass is 331 g/mol. The summed E-state index contributed by atoms with van der Waals surface area (Å²) >= 11 is 0. The maximum Gasteiger partial charge on any atom is 0.417 e. The Bertz CT molecular complexity index is 722. The average molecular weight is 331 g/mol. The summed E-state index contributed by atoms with van der Waals surface area (Å²) < 4.78 is 118. The summed E-state index contributed by atoms with van der Waals surface area (Å²) in [5.74, 6) is -14.8. The fourth-order valence-corrected chi connectivity index (χ4v) is 1.73. The quantitative estimate of drug-likeness (QED) is 0.322. The third kappa shape index (κ3) is 2.38. The smallest absolute Gasteiger partial charge is 0.228 e. The SMILES string of the molecule is Fc1nccc(C(F)(F)F)c1-c1c(F)c(F)c(F)c(F)c1F. The minimum absolute atomic E-state index is 0.149. The van der Waals surface area contributed by atoms with E-state index < -0.39 is 57.9 Å². The topological polar surface area (TPSA) is 12.9 Å². The molecule has 0 bridgehead atoms. The predicted molar refractivity (Wildman–Crippen MR) is 54.4 cm³/mol. The van der Waals surface area contributed by atoms with E-state index >= 15 is 0 Å². The molecule has 0 fully saturated rings. The van der Waals surface area contributed by atoms with Crippen LogP contribution < -0.4 is 0 Å². The Morgan fingerprint density at radius 1 is 0.682 bits per heavy atom. The molecule has 0 atom stereocenters. The number of pyridine rings is 1. The molecule has 0 aliphatic heterocycles. The summed E-state index contributed by atoms with van der Waals surface area (Å²) in [6, 6.07) is 0.149. The number of benzene rings is 1. The zero-order chi connectivity index (χ0) is 16.8. The fourth-order valence-electron chi connectivity index (χ4n) is 1.73. The second-order valence-corrected chi connectivity index (χ2v) is 3.97. The summed E-state index contributed by atoms with van der Waals surface area (Å²) in [5, 5.41) is 0. The van der Waals surface area contributed by atoms with Crippen molar-refractivity contribution < 1.29 is 39.5 Å². The van der Waals surface area contributed by atoms with Crippen molar-refractivity contribution in [2.75, 3.05) is 0 Å². The van der Waals surface area contributed by atoms with Gasteiger partial charge in [0, 0.05) is 6.20 Å². The molecule has 2 rings (SSSR count). The normalized spacial score (nSPS) is 11.9. The van der Waals surface area contributed by atoms with Crippen molar-refractivity contribution in [2.24, 2.45) is 0 Å². The van der Waals surface area contributed by atoms with E-state index in [1.54, 1.807) is 0 Å². The largest absolute Gasteiger partial charge is 0.417 e. The Balaban J connectivity index is 2.96. The molecule has 0 aliphatic carbocycles. The molecule has 0 radical (unpaired) electrons. The number of aromatic nitrogens is 1. The van der Waals surface area contributed by atoms with E-state index in [4.69, 9.17) is 0 Å². The van der Waals surface area contributed by atoms with Crippen molar-refractivity contribution >= 4 is 0 Å². The fraction of sp³-hybridized carbons (Fsp3) is 0.0833. The number of rotatable bonds is 1. The van der Waals surface area contributed by atoms with Crippen LogP contribution in [0.1, 0.15) is 5.56 Å². The standard InChI is InChI=1S/C12H2F9N/c13-6-5(7(14)9(16)10(17)8(6)15)4-3(12(19,20)21)1-2-22-11(4)18/h1-2H. The molecule has 0 unspecified atom stereocenters. The Labute approximate surface area is 116 Å². The van der Waals surface area contributed by atoms with Gasteiger partial charge >= 0.3 is 6.18 Å². The van der Waals surface area contributed by atoms with Crippen molar-refractivity contribution in [3.8, 4) is 11.1 Å². The van der Waals surface area contributed by atoms with E-state index in [1.165, 1.54) is 0 Å². The molecule has 0 saturated carbocycles. The molecule has 1 aromatic carbocycles. The molecule has 0 aliphatic rings. The maximum absolute atomic E-state index is 13.6. The first kappa shape index (κ1) is 16.1. The zero-order valence-corrected chi connectivity index (χ0v) is 10.0. The van der Waals surface area contributed by atoms with Gasteiger partial charge in [0.15, 0.2) is 23.3 Å². The summed E-state index contributed by atoms with van der Waals surface area (Å²) in [5.41, 5.74) is -5.82. The molecule has 0 N–H and O–H groups in total. The lowest BCUT2D eigenvalue weighted by Gasteiger charge is -2.15. The molecular formula is C12H2F9N. The third-order valence-electron chi connectivity index (χ3n) is 2.67. The van der Waals surface area contributed by atoms with Crippen LogP contribution in [0, 0.1) is 35.0 Å². The Hall–Kier alpha value is -2.26. The zero-order valence-electron chi connectivity index (χ0n) is 10.0.